The number of benzene rings is 8. The van der Waals surface area contributed by atoms with Gasteiger partial charge in [0.15, 0.2) is 0 Å². The second kappa shape index (κ2) is 72.9. The lowest BCUT2D eigenvalue weighted by molar-refractivity contribution is 0.0617. The zero-order valence-electron chi connectivity index (χ0n) is 70.9. The van der Waals surface area contributed by atoms with Crippen LogP contribution < -0.4 is 85.7 Å². The quantitative estimate of drug-likeness (QED) is 0.00423. The summed E-state index contributed by atoms with van der Waals surface area (Å²) in [5, 5.41) is 57.8. The molecule has 0 aromatic heterocycles. The number of nitrogens with zero attached hydrogens (tertiary/aromatic N) is 2. The second-order valence-electron chi connectivity index (χ2n) is 24.9. The monoisotopic (exact) mass is 1780 g/mol. The van der Waals surface area contributed by atoms with Crippen LogP contribution in [-0.2, 0) is 14.3 Å². The fourth-order valence-corrected chi connectivity index (χ4v) is 10.2. The van der Waals surface area contributed by atoms with Gasteiger partial charge in [-0.25, -0.2) is 0 Å². The van der Waals surface area contributed by atoms with Gasteiger partial charge in [-0.2, -0.15) is 8.42 Å². The number of hydrazine groups is 1. The third-order valence-electron chi connectivity index (χ3n) is 14.8. The van der Waals surface area contributed by atoms with Crippen LogP contribution in [0, 0.1) is 0 Å². The Labute approximate surface area is 738 Å². The van der Waals surface area contributed by atoms with Gasteiger partial charge in [0.2, 0.25) is 0 Å². The van der Waals surface area contributed by atoms with Crippen LogP contribution in [0.3, 0.4) is 0 Å². The molecule has 2 heterocycles. The molecule has 33 nitrogen and oxygen atoms in total. The summed E-state index contributed by atoms with van der Waals surface area (Å²) in [7, 11) is -4.22. The van der Waals surface area contributed by atoms with Crippen LogP contribution >= 0.6 is 12.4 Å². The number of halogens is 1. The number of aromatic hydroxyl groups is 1. The van der Waals surface area contributed by atoms with Gasteiger partial charge in [-0.3, -0.25) is 44.8 Å². The molecule has 4 amide bonds. The van der Waals surface area contributed by atoms with Crippen molar-refractivity contribution in [2.75, 3.05) is 145 Å². The van der Waals surface area contributed by atoms with E-state index in [9.17, 15) is 32.7 Å². The minimum atomic E-state index is -3.19. The molecule has 2 aliphatic rings. The number of carbonyl (C=O) groups is 4. The predicted molar refractivity (Wildman–Crippen MR) is 488 cm³/mol. The normalized spacial score (nSPS) is 10.8. The van der Waals surface area contributed by atoms with E-state index in [1.807, 2.05) is 111 Å². The molecule has 2 aliphatic heterocycles. The number of phenols is 1. The average Bonchev–Trinajstić information content (AvgIpc) is 1.65. The van der Waals surface area contributed by atoms with Crippen molar-refractivity contribution in [2.45, 2.75) is 88.8 Å². The number of aliphatic hydroxyl groups excluding tert-OH is 3. The first-order valence-corrected chi connectivity index (χ1v) is 41.2. The summed E-state index contributed by atoms with van der Waals surface area (Å²) in [6.07, 6.45) is 4.71. The summed E-state index contributed by atoms with van der Waals surface area (Å²) >= 11 is 0. The molecule has 0 spiro atoms. The van der Waals surface area contributed by atoms with E-state index in [2.05, 4.69) is 40.2 Å². The summed E-state index contributed by atoms with van der Waals surface area (Å²) in [6, 6.07) is 57.0. The molecular weight excluding hydrogens is 1650 g/mol. The van der Waals surface area contributed by atoms with Crippen molar-refractivity contribution in [3.8, 4) is 69.0 Å². The number of hydrogen-bond donors (Lipinski definition) is 12. The van der Waals surface area contributed by atoms with Crippen LogP contribution in [-0.4, -0.2) is 237 Å². The molecule has 0 saturated heterocycles. The molecule has 0 bridgehead atoms. The Kier molecular flexibility index (Phi) is 69.2. The number of rotatable bonds is 42. The SMILES string of the molecule is C.C.CB(O)NCCOc1cccc(OCCO)c1.CCCOS(C)(=O)=O.CCCOc1cccc(OCCN)c1.CCCOc1cccc(OCCN2C(=O)c3ccccc3C2=O)c1.CCCOc1cccc(OCCNB(C)O)c1.CCO.Cl.NCCOc1cccc(OCCO)c1.NN.O.O=C1c2ccccc2C(=O)N1CCOc1cccc(O)c1. The van der Waals surface area contributed by atoms with E-state index in [0.717, 1.165) is 73.0 Å². The maximum absolute atomic E-state index is 12.3. The molecule has 8 aromatic rings. The number of carbonyl (C=O) groups excluding carboxylic acids is 4. The molecule has 124 heavy (non-hydrogen) atoms. The van der Waals surface area contributed by atoms with E-state index in [1.165, 1.54) is 21.9 Å². The fraction of sp³-hybridized carbons (Fsp3) is 0.402. The van der Waals surface area contributed by atoms with Crippen LogP contribution in [0.15, 0.2) is 194 Å². The molecule has 0 unspecified atom stereocenters. The lowest BCUT2D eigenvalue weighted by Gasteiger charge is -2.14. The third-order valence-corrected chi connectivity index (χ3v) is 15.4. The number of nitrogens with one attached hydrogen (secondary N) is 2. The van der Waals surface area contributed by atoms with Crippen LogP contribution in [0.5, 0.6) is 69.0 Å². The first-order valence-electron chi connectivity index (χ1n) is 39.4. The molecule has 0 fully saturated rings. The summed E-state index contributed by atoms with van der Waals surface area (Å²) in [4.78, 5) is 51.1. The number of ether oxygens (including phenoxy) is 11. The Morgan fingerprint density at radius 1 is 0.363 bits per heavy atom. The Hall–Kier alpha value is -10.5. The number of nitrogens with two attached hydrogens (primary N) is 4. The van der Waals surface area contributed by atoms with E-state index in [0.29, 0.717) is 130 Å². The van der Waals surface area contributed by atoms with Gasteiger partial charge in [0.25, 0.3) is 33.7 Å². The summed E-state index contributed by atoms with van der Waals surface area (Å²) in [5.74, 6) is 14.9. The highest BCUT2D eigenvalue weighted by atomic mass is 35.5. The molecule has 0 radical (unpaired) electrons. The maximum Gasteiger partial charge on any atom is 0.373 e. The summed E-state index contributed by atoms with van der Waals surface area (Å²) < 4.78 is 84.4. The van der Waals surface area contributed by atoms with Crippen molar-refractivity contribution < 1.29 is 120 Å². The zero-order valence-corrected chi connectivity index (χ0v) is 72.5. The molecule has 690 valence electrons. The topological polar surface area (TPSA) is 501 Å². The minimum absolute atomic E-state index is 0. The predicted octanol–water partition coefficient (Wildman–Crippen LogP) is 9.18. The molecule has 0 atom stereocenters. The van der Waals surface area contributed by atoms with Crippen molar-refractivity contribution in [1.29, 1.82) is 0 Å². The molecule has 0 aliphatic carbocycles. The summed E-state index contributed by atoms with van der Waals surface area (Å²) in [5.41, 5.74) is 12.4. The van der Waals surface area contributed by atoms with Crippen molar-refractivity contribution in [3.63, 3.8) is 0 Å². The number of imide groups is 2. The molecular formula is C87H133B2ClN8O25S. The second-order valence-corrected chi connectivity index (χ2v) is 26.6. The van der Waals surface area contributed by atoms with Gasteiger partial charge in [-0.15, -0.1) is 12.4 Å². The van der Waals surface area contributed by atoms with Gasteiger partial charge in [-0.05, 0) is 143 Å². The third kappa shape index (κ3) is 51.5. The lowest BCUT2D eigenvalue weighted by atomic mass is 9.89. The van der Waals surface area contributed by atoms with Gasteiger partial charge in [-0.1, -0.05) is 103 Å². The van der Waals surface area contributed by atoms with Gasteiger partial charge in [0.05, 0.1) is 94.5 Å². The fourth-order valence-electron chi connectivity index (χ4n) is 9.68. The van der Waals surface area contributed by atoms with E-state index in [4.69, 9.17) is 88.9 Å². The first kappa shape index (κ1) is 118. The molecule has 18 N–H and O–H groups in total. The number of phenolic OH excluding ortho intramolecular Hbond substituents is 1. The highest BCUT2D eigenvalue weighted by Crippen LogP contribution is 2.27. The van der Waals surface area contributed by atoms with Crippen molar-refractivity contribution in [1.82, 2.24) is 20.3 Å². The number of aliphatic hydroxyl groups is 3. The van der Waals surface area contributed by atoms with Crippen molar-refractivity contribution >= 4 is 60.3 Å². The van der Waals surface area contributed by atoms with Gasteiger partial charge >= 0.3 is 14.1 Å². The summed E-state index contributed by atoms with van der Waals surface area (Å²) in [6.45, 7) is 21.3. The maximum atomic E-state index is 12.3. The minimum Gasteiger partial charge on any atom is -0.508 e. The van der Waals surface area contributed by atoms with E-state index in [-0.39, 0.29) is 115 Å². The van der Waals surface area contributed by atoms with Gasteiger partial charge in [0, 0.05) is 69.2 Å². The zero-order chi connectivity index (χ0) is 88.6. The lowest BCUT2D eigenvalue weighted by Crippen LogP contribution is -2.33. The first-order chi connectivity index (χ1) is 58.0. The molecule has 10 rings (SSSR count). The van der Waals surface area contributed by atoms with Gasteiger partial charge in [0.1, 0.15) is 109 Å². The Bertz CT molecular complexity index is 4000. The Balaban J connectivity index is -0.00000138. The molecule has 8 aromatic carbocycles. The van der Waals surface area contributed by atoms with E-state index in [1.54, 1.807) is 105 Å². The average molecular weight is 1780 g/mol. The van der Waals surface area contributed by atoms with Crippen molar-refractivity contribution in [3.05, 3.63) is 216 Å². The standard InChI is InChI=1S/C19H19NO4.C16H13NO4.C12H20BNO3.C11H18BNO4.C11H17NO2.C10H15NO3.C4H10O3S.C2H6O.2CH4.ClH.H4N2.H2O/c1-2-11-23-14-6-5-7-15(13-14)24-12-10-20-18(21)16-8-3-4-9-17(16)19(20)22;18-11-4-3-5-12(10-11)21-9-8-17-15(19)13-6-1-2-7-14(13)16(17)20;1-3-8-16-11-5-4-6-12(10-11)17-9-7-14-13(2)15;1-12(15)13-5-7-16-10-3-2-4-11(9-10)17-8-6-14;1-2-7-13-10-4-3-5-11(9-10)14-8-6-12;11-4-6-13-9-2-1-3-10(8-9)14-7-5-12;1-3-4-7-8(2,5)6;1-2-3;;;;1-2;/h3-9,13H,2,10-12H2,1H3;1-7,10,18H,8-9H2;4-6,10,14-15H,3,7-9H2,1-2H3;2-4,9,13-15H,5-8H2,1H3;3-5,9H,2,6-8,12H2,1H3;1-3,8,12H,4-7,11H2;3-4H2,1-2H3;3H,2H2,1H3;2*1H4;1H;1-2H2;1H2. The van der Waals surface area contributed by atoms with E-state index >= 15 is 0 Å². The number of amides is 4. The smallest absolute Gasteiger partial charge is 0.373 e. The van der Waals surface area contributed by atoms with Crippen LogP contribution in [0.25, 0.3) is 0 Å². The number of hydrogen-bond acceptors (Lipinski definition) is 30. The van der Waals surface area contributed by atoms with Crippen LogP contribution in [0.2, 0.25) is 13.6 Å². The highest BCUT2D eigenvalue weighted by Gasteiger charge is 2.36. The Morgan fingerprint density at radius 2 is 0.589 bits per heavy atom. The van der Waals surface area contributed by atoms with Crippen molar-refractivity contribution in [2.24, 2.45) is 23.2 Å². The highest BCUT2D eigenvalue weighted by molar-refractivity contribution is 7.86. The van der Waals surface area contributed by atoms with Crippen LogP contribution in [0.1, 0.15) is 117 Å². The number of fused-ring (bicyclic) bond motifs is 2. The van der Waals surface area contributed by atoms with E-state index < -0.39 is 24.2 Å². The molecule has 0 saturated carbocycles. The Morgan fingerprint density at radius 3 is 0.806 bits per heavy atom. The largest absolute Gasteiger partial charge is 0.508 e. The molecule has 37 heteroatoms. The van der Waals surface area contributed by atoms with Crippen LogP contribution in [0.4, 0.5) is 0 Å². The van der Waals surface area contributed by atoms with Gasteiger partial charge < -0.3 is 110 Å².